The van der Waals surface area contributed by atoms with Gasteiger partial charge in [0, 0.05) is 24.7 Å². The molecule has 2 rings (SSSR count). The predicted molar refractivity (Wildman–Crippen MR) is 75.9 cm³/mol. The number of ether oxygens (including phenoxy) is 1. The molecule has 2 saturated heterocycles. The molecule has 0 aromatic carbocycles. The topological polar surface area (TPSA) is 55.4 Å². The number of hydrogen-bond acceptors (Lipinski definition) is 5. The van der Waals surface area contributed by atoms with Gasteiger partial charge in [0.25, 0.3) is 0 Å². The second kappa shape index (κ2) is 5.69. The number of rotatable bonds is 4. The third kappa shape index (κ3) is 3.62. The first-order valence-corrected chi connectivity index (χ1v) is 9.72. The van der Waals surface area contributed by atoms with Gasteiger partial charge in [-0.15, -0.1) is 0 Å². The standard InChI is InChI=1S/C12H23NO3S2/c1-13-11(8-18(2,14)15)10-3-5-16-12(7-10)4-6-17-9-12/h10-11,13H,3-9H2,1-2H3. The molecule has 2 heterocycles. The van der Waals surface area contributed by atoms with Crippen molar-refractivity contribution < 1.29 is 13.2 Å². The monoisotopic (exact) mass is 293 g/mol. The van der Waals surface area contributed by atoms with Crippen molar-refractivity contribution in [3.8, 4) is 0 Å². The number of nitrogens with one attached hydrogen (secondary N) is 1. The van der Waals surface area contributed by atoms with Crippen LogP contribution in [0.5, 0.6) is 0 Å². The Morgan fingerprint density at radius 1 is 1.56 bits per heavy atom. The molecule has 1 spiro atoms. The van der Waals surface area contributed by atoms with Crippen LogP contribution < -0.4 is 5.32 Å². The Balaban J connectivity index is 2.02. The summed E-state index contributed by atoms with van der Waals surface area (Å²) in [6.07, 6.45) is 4.40. The van der Waals surface area contributed by atoms with E-state index in [2.05, 4.69) is 5.32 Å². The van der Waals surface area contributed by atoms with Crippen LogP contribution in [-0.4, -0.2) is 57.2 Å². The zero-order valence-corrected chi connectivity index (χ0v) is 12.8. The zero-order valence-electron chi connectivity index (χ0n) is 11.1. The molecule has 2 aliphatic rings. The van der Waals surface area contributed by atoms with E-state index >= 15 is 0 Å². The third-order valence-electron chi connectivity index (χ3n) is 4.02. The molecule has 0 bridgehead atoms. The van der Waals surface area contributed by atoms with E-state index in [-0.39, 0.29) is 17.4 Å². The van der Waals surface area contributed by atoms with E-state index in [0.717, 1.165) is 31.6 Å². The van der Waals surface area contributed by atoms with Crippen molar-refractivity contribution in [2.24, 2.45) is 5.92 Å². The third-order valence-corrected chi connectivity index (χ3v) is 6.21. The molecule has 2 fully saturated rings. The highest BCUT2D eigenvalue weighted by atomic mass is 32.2. The van der Waals surface area contributed by atoms with Crippen LogP contribution in [0.2, 0.25) is 0 Å². The zero-order chi connectivity index (χ0) is 13.2. The van der Waals surface area contributed by atoms with Crippen molar-refractivity contribution in [2.45, 2.75) is 30.9 Å². The van der Waals surface area contributed by atoms with Gasteiger partial charge in [-0.05, 0) is 38.0 Å². The molecule has 0 amide bonds. The summed E-state index contributed by atoms with van der Waals surface area (Å²) >= 11 is 1.95. The molecule has 0 aliphatic carbocycles. The van der Waals surface area contributed by atoms with Crippen LogP contribution in [0.3, 0.4) is 0 Å². The number of thioether (sulfide) groups is 1. The lowest BCUT2D eigenvalue weighted by molar-refractivity contribution is -0.0836. The lowest BCUT2D eigenvalue weighted by atomic mass is 9.82. The van der Waals surface area contributed by atoms with Gasteiger partial charge in [-0.25, -0.2) is 8.42 Å². The summed E-state index contributed by atoms with van der Waals surface area (Å²) in [4.78, 5) is 0. The summed E-state index contributed by atoms with van der Waals surface area (Å²) in [5, 5.41) is 3.19. The van der Waals surface area contributed by atoms with Crippen LogP contribution >= 0.6 is 11.8 Å². The van der Waals surface area contributed by atoms with Gasteiger partial charge in [-0.2, -0.15) is 11.8 Å². The molecular formula is C12H23NO3S2. The lowest BCUT2D eigenvalue weighted by Gasteiger charge is -2.40. The van der Waals surface area contributed by atoms with Crippen LogP contribution in [0.25, 0.3) is 0 Å². The highest BCUT2D eigenvalue weighted by Crippen LogP contribution is 2.41. The fourth-order valence-electron chi connectivity index (χ4n) is 3.05. The summed E-state index contributed by atoms with van der Waals surface area (Å²) in [6.45, 7) is 0.771. The van der Waals surface area contributed by atoms with Crippen LogP contribution in [-0.2, 0) is 14.6 Å². The van der Waals surface area contributed by atoms with Gasteiger partial charge in [0.2, 0.25) is 0 Å². The molecule has 2 aliphatic heterocycles. The minimum absolute atomic E-state index is 0.0280. The Labute approximate surface area is 114 Å². The van der Waals surface area contributed by atoms with Crippen LogP contribution in [0.1, 0.15) is 19.3 Å². The first-order valence-electron chi connectivity index (χ1n) is 6.51. The maximum Gasteiger partial charge on any atom is 0.148 e. The molecule has 3 atom stereocenters. The molecule has 106 valence electrons. The van der Waals surface area contributed by atoms with Crippen LogP contribution in [0.4, 0.5) is 0 Å². The molecule has 0 saturated carbocycles. The van der Waals surface area contributed by atoms with E-state index < -0.39 is 9.84 Å². The molecular weight excluding hydrogens is 270 g/mol. The Hall–Kier alpha value is 0.220. The second-order valence-corrected chi connectivity index (χ2v) is 8.86. The van der Waals surface area contributed by atoms with Crippen molar-refractivity contribution in [3.63, 3.8) is 0 Å². The Bertz CT molecular complexity index is 377. The summed E-state index contributed by atoms with van der Waals surface area (Å²) in [7, 11) is -1.07. The molecule has 6 heteroatoms. The van der Waals surface area contributed by atoms with Gasteiger partial charge in [0.15, 0.2) is 0 Å². The molecule has 0 radical (unpaired) electrons. The van der Waals surface area contributed by atoms with E-state index in [4.69, 9.17) is 4.74 Å². The highest BCUT2D eigenvalue weighted by molar-refractivity contribution is 7.99. The van der Waals surface area contributed by atoms with E-state index in [1.807, 2.05) is 18.8 Å². The van der Waals surface area contributed by atoms with E-state index in [1.54, 1.807) is 0 Å². The lowest BCUT2D eigenvalue weighted by Crippen LogP contribution is -2.48. The van der Waals surface area contributed by atoms with Crippen molar-refractivity contribution in [2.75, 3.05) is 37.2 Å². The van der Waals surface area contributed by atoms with Gasteiger partial charge in [-0.1, -0.05) is 0 Å². The predicted octanol–water partition coefficient (Wildman–Crippen LogP) is 0.921. The Morgan fingerprint density at radius 3 is 2.89 bits per heavy atom. The summed E-state index contributed by atoms with van der Waals surface area (Å²) in [5.41, 5.74) is 0.0280. The van der Waals surface area contributed by atoms with Gasteiger partial charge in [0.1, 0.15) is 9.84 Å². The summed E-state index contributed by atoms with van der Waals surface area (Å²) < 4.78 is 28.9. The number of sulfone groups is 1. The maximum absolute atomic E-state index is 11.5. The number of hydrogen-bond donors (Lipinski definition) is 1. The van der Waals surface area contributed by atoms with Gasteiger partial charge in [0.05, 0.1) is 11.4 Å². The summed E-state index contributed by atoms with van der Waals surface area (Å²) in [5.74, 6) is 2.89. The van der Waals surface area contributed by atoms with E-state index in [9.17, 15) is 8.42 Å². The molecule has 0 aromatic rings. The highest BCUT2D eigenvalue weighted by Gasteiger charge is 2.42. The average molecular weight is 293 g/mol. The molecule has 18 heavy (non-hydrogen) atoms. The molecule has 1 N–H and O–H groups in total. The fourth-order valence-corrected chi connectivity index (χ4v) is 5.52. The first kappa shape index (κ1) is 14.6. The van der Waals surface area contributed by atoms with Gasteiger partial charge in [-0.3, -0.25) is 0 Å². The minimum atomic E-state index is -2.93. The maximum atomic E-state index is 11.5. The van der Waals surface area contributed by atoms with Crippen molar-refractivity contribution in [1.29, 1.82) is 0 Å². The largest absolute Gasteiger partial charge is 0.374 e. The normalized spacial score (nSPS) is 34.9. The quantitative estimate of drug-likeness (QED) is 0.835. The van der Waals surface area contributed by atoms with Crippen LogP contribution in [0, 0.1) is 5.92 Å². The Morgan fingerprint density at radius 2 is 2.33 bits per heavy atom. The van der Waals surface area contributed by atoms with Crippen molar-refractivity contribution >= 4 is 21.6 Å². The van der Waals surface area contributed by atoms with Crippen LogP contribution in [0.15, 0.2) is 0 Å². The van der Waals surface area contributed by atoms with E-state index in [1.165, 1.54) is 12.0 Å². The summed E-state index contributed by atoms with van der Waals surface area (Å²) in [6, 6.07) is 0.0615. The molecule has 3 unspecified atom stereocenters. The van der Waals surface area contributed by atoms with Gasteiger partial charge < -0.3 is 10.1 Å². The van der Waals surface area contributed by atoms with E-state index in [0.29, 0.717) is 5.92 Å². The Kier molecular flexibility index (Phi) is 4.62. The fraction of sp³-hybridized carbons (Fsp3) is 1.00. The van der Waals surface area contributed by atoms with Crippen molar-refractivity contribution in [1.82, 2.24) is 5.32 Å². The second-order valence-electron chi connectivity index (χ2n) is 5.57. The molecule has 0 aromatic heterocycles. The van der Waals surface area contributed by atoms with Crippen molar-refractivity contribution in [3.05, 3.63) is 0 Å². The van der Waals surface area contributed by atoms with Gasteiger partial charge >= 0.3 is 0 Å². The first-order chi connectivity index (χ1) is 8.44. The SMILES string of the molecule is CNC(CS(C)(=O)=O)C1CCOC2(CCSC2)C1. The smallest absolute Gasteiger partial charge is 0.148 e. The average Bonchev–Trinajstić information content (AvgIpc) is 2.73. The molecule has 4 nitrogen and oxygen atoms in total. The minimum Gasteiger partial charge on any atom is -0.374 e.